The van der Waals surface area contributed by atoms with E-state index in [2.05, 4.69) is 44.6 Å². The van der Waals surface area contributed by atoms with E-state index in [0.717, 1.165) is 155 Å². The summed E-state index contributed by atoms with van der Waals surface area (Å²) < 4.78 is 15.4. The van der Waals surface area contributed by atoms with Gasteiger partial charge < -0.3 is 34.2 Å². The van der Waals surface area contributed by atoms with Crippen molar-refractivity contribution in [1.82, 2.24) is 40.0 Å². The van der Waals surface area contributed by atoms with Gasteiger partial charge in [-0.25, -0.2) is 14.4 Å². The number of piperidine rings is 4. The topological polar surface area (TPSA) is 282 Å². The van der Waals surface area contributed by atoms with Crippen molar-refractivity contribution in [3.63, 3.8) is 0 Å². The summed E-state index contributed by atoms with van der Waals surface area (Å²) in [7, 11) is 0. The van der Waals surface area contributed by atoms with Gasteiger partial charge in [0.2, 0.25) is 0 Å². The van der Waals surface area contributed by atoms with Crippen molar-refractivity contribution < 1.29 is 43.4 Å². The van der Waals surface area contributed by atoms with Gasteiger partial charge in [0.15, 0.2) is 0 Å². The lowest BCUT2D eigenvalue weighted by atomic mass is 9.76. The van der Waals surface area contributed by atoms with E-state index in [1.807, 2.05) is 103 Å². The van der Waals surface area contributed by atoms with Crippen LogP contribution in [0.2, 0.25) is 20.1 Å². The minimum atomic E-state index is -0.428. The first-order chi connectivity index (χ1) is 54.3. The smallest absolute Gasteiger partial charge is 0.409 e. The fourth-order valence-corrected chi connectivity index (χ4v) is 17.8. The van der Waals surface area contributed by atoms with Crippen LogP contribution in [0.25, 0.3) is 47.9 Å². The van der Waals surface area contributed by atoms with Gasteiger partial charge in [0.1, 0.15) is 6.20 Å². The van der Waals surface area contributed by atoms with Crippen molar-refractivity contribution in [2.75, 3.05) is 72.2 Å². The molecule has 4 aromatic carbocycles. The molecule has 23 nitrogen and oxygen atoms in total. The molecule has 4 aliphatic heterocycles. The number of pyridine rings is 4. The largest absolute Gasteiger partial charge is 0.450 e. The summed E-state index contributed by atoms with van der Waals surface area (Å²) in [6.45, 7) is 12.3. The lowest BCUT2D eigenvalue weighted by Crippen LogP contribution is -2.40. The number of amides is 3. The monoisotopic (exact) mass is 1590 g/mol. The minimum absolute atomic E-state index is 0.0215. The van der Waals surface area contributed by atoms with Crippen LogP contribution >= 0.6 is 46.4 Å². The van der Waals surface area contributed by atoms with Gasteiger partial charge in [0.25, 0.3) is 17.1 Å². The molecule has 3 amide bonds. The van der Waals surface area contributed by atoms with Crippen LogP contribution in [0.1, 0.15) is 185 Å². The molecule has 0 spiro atoms. The Morgan fingerprint density at radius 1 is 0.411 bits per heavy atom. The molecule has 1 N–H and O–H groups in total. The average molecular weight is 1590 g/mol. The number of hydrogen-bond donors (Lipinski definition) is 1. The van der Waals surface area contributed by atoms with E-state index in [1.54, 1.807) is 78.5 Å². The van der Waals surface area contributed by atoms with E-state index in [-0.39, 0.29) is 80.7 Å². The van der Waals surface area contributed by atoms with Crippen molar-refractivity contribution in [2.24, 2.45) is 23.7 Å². The van der Waals surface area contributed by atoms with E-state index >= 15 is 0 Å². The van der Waals surface area contributed by atoms with Crippen molar-refractivity contribution >= 4 is 118 Å². The number of aromatic nitrogens is 4. The minimum Gasteiger partial charge on any atom is -0.450 e. The Kier molecular flexibility index (Phi) is 25.9. The summed E-state index contributed by atoms with van der Waals surface area (Å²) in [5, 5.41) is 40.6. The number of ether oxygens (including phenoxy) is 3. The number of benzene rings is 4. The Balaban J connectivity index is 0.000000131. The third-order valence-electron chi connectivity index (χ3n) is 22.3. The zero-order valence-electron chi connectivity index (χ0n) is 62.2. The first kappa shape index (κ1) is 79.6. The third kappa shape index (κ3) is 17.9. The van der Waals surface area contributed by atoms with E-state index < -0.39 is 4.92 Å². The van der Waals surface area contributed by atoms with Crippen LogP contribution in [0.15, 0.2) is 140 Å². The summed E-state index contributed by atoms with van der Waals surface area (Å²) >= 11 is 24.9. The summed E-state index contributed by atoms with van der Waals surface area (Å²) in [5.41, 5.74) is 14.7. The van der Waals surface area contributed by atoms with Gasteiger partial charge in [-0.3, -0.25) is 50.3 Å². The van der Waals surface area contributed by atoms with Gasteiger partial charge in [0.05, 0.1) is 68.5 Å². The first-order valence-electron chi connectivity index (χ1n) is 38.0. The maximum atomic E-state index is 12.1. The maximum Gasteiger partial charge on any atom is 0.409 e. The molecule has 112 heavy (non-hydrogen) atoms. The number of carbonyl (C=O) groups excluding carboxylic acids is 3. The normalized spacial score (nSPS) is 19.0. The van der Waals surface area contributed by atoms with Gasteiger partial charge >= 0.3 is 18.3 Å². The summed E-state index contributed by atoms with van der Waals surface area (Å²) in [6, 6.07) is 35.8. The van der Waals surface area contributed by atoms with Crippen LogP contribution in [-0.4, -0.2) is 140 Å². The second kappa shape index (κ2) is 36.4. The molecule has 4 fully saturated rings. The number of nitrogens with zero attached hydrogens (tertiary/aromatic N) is 10. The van der Waals surface area contributed by atoms with Gasteiger partial charge in [-0.05, 0) is 215 Å². The zero-order valence-corrected chi connectivity index (χ0v) is 65.2. The fraction of sp³-hybridized carbons (Fsp3) is 0.353. The lowest BCUT2D eigenvalue weighted by Gasteiger charge is -2.36. The van der Waals surface area contributed by atoms with Gasteiger partial charge in [0, 0.05) is 137 Å². The standard InChI is InChI=1S/2C22H22ClN3O4.C22H23ClN2O2.C19H18ClN3O2/c1-2-30-22(27)25-9-7-14(8-10-25)20-19-6-5-17(23)11-15(19)3-4-16-12-18(26(28)29)13-24-21(16)20;1-2-30-22(27)25-10-7-14(8-11-25)20-17-6-5-16(23)13-18(17)19(26(28)29)12-15-4-3-9-24-21(15)20;1-2-27-22(26)25-12-9-15(10-13-25)20-19-8-7-18(23)14-17(19)6-5-16-4-3-11-24-21(16)20;20-14-3-4-15-16(11-14)17(23(24)25)10-13-2-1-7-22-19(13)18(15)12-5-8-21-9-6-12/h3-6,11-14,20H,2,7-10H2,1H3;3-6,9,12-14,20H,2,7-8,10-11H2,1H3;3-8,11,14-15,20H,2,9-10,12-13H2,1H3;1-4,7,10-12,18,21H,5-6,8-9H2. The number of rotatable bonds is 10. The molecule has 4 atom stereocenters. The Labute approximate surface area is 669 Å². The average Bonchev–Trinajstić information content (AvgIpc) is 1.60. The number of nitro groups is 3. The highest BCUT2D eigenvalue weighted by atomic mass is 35.5. The number of halogens is 4. The molecule has 4 aromatic heterocycles. The van der Waals surface area contributed by atoms with Gasteiger partial charge in [-0.1, -0.05) is 113 Å². The van der Waals surface area contributed by atoms with E-state index in [9.17, 15) is 44.7 Å². The summed E-state index contributed by atoms with van der Waals surface area (Å²) in [6.07, 6.45) is 24.2. The van der Waals surface area contributed by atoms with Crippen LogP contribution in [0.3, 0.4) is 0 Å². The molecule has 8 heterocycles. The number of likely N-dealkylation sites (tertiary alicyclic amines) is 3. The Hall–Kier alpha value is -10.4. The van der Waals surface area contributed by atoms with Crippen LogP contribution in [0.4, 0.5) is 20.1 Å². The molecule has 8 aromatic rings. The number of carbonyl (C=O) groups is 3. The van der Waals surface area contributed by atoms with Gasteiger partial charge in [-0.2, -0.15) is 0 Å². The summed E-state index contributed by atoms with van der Waals surface area (Å²) in [5.74, 6) is 1.33. The highest BCUT2D eigenvalue weighted by Crippen LogP contribution is 2.49. The molecule has 580 valence electrons. The van der Waals surface area contributed by atoms with Crippen LogP contribution in [0.5, 0.6) is 0 Å². The van der Waals surface area contributed by atoms with Crippen LogP contribution < -0.4 is 5.32 Å². The molecule has 4 unspecified atom stereocenters. The molecule has 4 aliphatic carbocycles. The van der Waals surface area contributed by atoms with Crippen LogP contribution in [0, 0.1) is 54.0 Å². The van der Waals surface area contributed by atoms with Crippen molar-refractivity contribution in [3.05, 3.63) is 280 Å². The fourth-order valence-electron chi connectivity index (χ4n) is 17.1. The summed E-state index contributed by atoms with van der Waals surface area (Å²) in [4.78, 5) is 93.8. The van der Waals surface area contributed by atoms with E-state index in [4.69, 9.17) is 65.6 Å². The van der Waals surface area contributed by atoms with E-state index in [1.165, 1.54) is 11.8 Å². The maximum absolute atomic E-state index is 12.1. The predicted molar refractivity (Wildman–Crippen MR) is 434 cm³/mol. The predicted octanol–water partition coefficient (Wildman–Crippen LogP) is 19.1. The van der Waals surface area contributed by atoms with Crippen LogP contribution in [-0.2, 0) is 14.2 Å². The Bertz CT molecular complexity index is 4990. The number of fused-ring (bicyclic) bond motifs is 8. The first-order valence-corrected chi connectivity index (χ1v) is 39.5. The molecule has 0 bridgehead atoms. The zero-order chi connectivity index (χ0) is 78.7. The highest BCUT2D eigenvalue weighted by Gasteiger charge is 2.41. The molecule has 0 saturated carbocycles. The molecule has 16 rings (SSSR count). The molecular weight excluding hydrogens is 1510 g/mol. The molecule has 8 aliphatic rings. The van der Waals surface area contributed by atoms with E-state index in [0.29, 0.717) is 84.0 Å². The molecule has 27 heteroatoms. The number of hydrogen-bond acceptors (Lipinski definition) is 17. The SMILES string of the molecule is CCOC(=O)N1CCC(C2c3ccc(Cl)cc3C([N+](=O)[O-])=Cc3cccnc32)CC1.CCOC(=O)N1CCC(C2c3ccc(Cl)cc3C=Cc3cc([N+](=O)[O-])cnc32)CC1.CCOC(=O)N1CCC(C2c3ccc(Cl)cc3C=Cc3cccnc32)CC1.O=[N+]([O-])C1=Cc2cccnc2C(C2CCNCC2)c2ccc(Cl)cc21. The number of nitrogens with one attached hydrogen (secondary N) is 1. The second-order valence-corrected chi connectivity index (χ2v) is 30.4. The van der Waals surface area contributed by atoms with Crippen molar-refractivity contribution in [2.45, 2.75) is 95.8 Å². The Morgan fingerprint density at radius 2 is 0.741 bits per heavy atom. The van der Waals surface area contributed by atoms with Gasteiger partial charge in [-0.15, -0.1) is 0 Å². The molecule has 4 saturated heterocycles. The quantitative estimate of drug-likeness (QED) is 0.0756. The van der Waals surface area contributed by atoms with Crippen molar-refractivity contribution in [3.8, 4) is 0 Å². The lowest BCUT2D eigenvalue weighted by molar-refractivity contribution is -0.385. The molecular formula is C85H85Cl4N11O12. The Morgan fingerprint density at radius 3 is 1.12 bits per heavy atom. The molecule has 0 radical (unpaired) electrons. The van der Waals surface area contributed by atoms with Crippen molar-refractivity contribution in [1.29, 1.82) is 0 Å². The second-order valence-electron chi connectivity index (χ2n) is 28.7. The third-order valence-corrected chi connectivity index (χ3v) is 23.2. The highest BCUT2D eigenvalue weighted by molar-refractivity contribution is 6.31.